The molecule has 0 aliphatic heterocycles. The first-order valence-corrected chi connectivity index (χ1v) is 10.9. The third-order valence-electron chi connectivity index (χ3n) is 5.71. The van der Waals surface area contributed by atoms with Crippen molar-refractivity contribution < 1.29 is 0 Å². The molecule has 4 rings (SSSR count). The monoisotopic (exact) mass is 419 g/mol. The van der Waals surface area contributed by atoms with Crippen LogP contribution in [0, 0.1) is 18.3 Å². The molecule has 4 nitrogen and oxygen atoms in total. The van der Waals surface area contributed by atoms with E-state index in [1.54, 1.807) is 0 Å². The van der Waals surface area contributed by atoms with Gasteiger partial charge in [0.2, 0.25) is 0 Å². The van der Waals surface area contributed by atoms with Gasteiger partial charge in [-0.2, -0.15) is 10.2 Å². The number of hydrogen-bond acceptors (Lipinski definition) is 3. The molecule has 158 valence electrons. The van der Waals surface area contributed by atoms with Crippen LogP contribution < -0.4 is 5.56 Å². The van der Waals surface area contributed by atoms with Crippen LogP contribution in [0.1, 0.15) is 36.0 Å². The molecule has 0 aliphatic rings. The summed E-state index contributed by atoms with van der Waals surface area (Å²) >= 11 is 0. The predicted molar refractivity (Wildman–Crippen MR) is 128 cm³/mol. The van der Waals surface area contributed by atoms with E-state index in [0.717, 1.165) is 46.6 Å². The summed E-state index contributed by atoms with van der Waals surface area (Å²) in [5.74, 6) is 0.814. The van der Waals surface area contributed by atoms with Gasteiger partial charge >= 0.3 is 0 Å². The van der Waals surface area contributed by atoms with E-state index in [9.17, 15) is 10.1 Å². The molecular formula is C28H25N3O. The summed E-state index contributed by atoms with van der Waals surface area (Å²) in [4.78, 5) is 17.3. The van der Waals surface area contributed by atoms with E-state index < -0.39 is 0 Å². The van der Waals surface area contributed by atoms with Gasteiger partial charge in [-0.25, -0.2) is 0 Å². The maximum atomic E-state index is 12.9. The minimum absolute atomic E-state index is 0.170. The van der Waals surface area contributed by atoms with Gasteiger partial charge in [0.25, 0.3) is 5.56 Å². The van der Waals surface area contributed by atoms with Gasteiger partial charge in [-0.1, -0.05) is 79.7 Å². The molecule has 0 unspecified atom stereocenters. The average molecular weight is 420 g/mol. The Bertz CT molecular complexity index is 1330. The maximum Gasteiger partial charge on any atom is 0.281 e. The van der Waals surface area contributed by atoms with Gasteiger partial charge in [-0.05, 0) is 41.7 Å². The summed E-state index contributed by atoms with van der Waals surface area (Å²) in [7, 11) is 0. The fraction of sp³-hybridized carbons (Fsp3) is 0.179. The highest BCUT2D eigenvalue weighted by Crippen LogP contribution is 2.25. The molecule has 0 amide bonds. The van der Waals surface area contributed by atoms with Crippen LogP contribution in [0.4, 0.5) is 0 Å². The normalized spacial score (nSPS) is 10.7. The molecule has 0 N–H and O–H groups in total. The predicted octanol–water partition coefficient (Wildman–Crippen LogP) is 5.76. The van der Waals surface area contributed by atoms with Crippen LogP contribution in [0.15, 0.2) is 83.7 Å². The molecule has 0 radical (unpaired) electrons. The molecule has 0 saturated heterocycles. The Balaban J connectivity index is 1.74. The van der Waals surface area contributed by atoms with E-state index in [1.807, 2.05) is 73.7 Å². The number of nitriles is 1. The average Bonchev–Trinajstić information content (AvgIpc) is 2.83. The van der Waals surface area contributed by atoms with Crippen molar-refractivity contribution in [3.63, 3.8) is 0 Å². The molecule has 0 bridgehead atoms. The van der Waals surface area contributed by atoms with E-state index in [2.05, 4.69) is 34.7 Å². The molecule has 4 heteroatoms. The van der Waals surface area contributed by atoms with Crippen molar-refractivity contribution in [3.05, 3.63) is 112 Å². The SMILES string of the molecule is CCCc1nc(=O)c(-c2ccccc2)c(C)n1Cc1ccc(-c2ccccc2C#N)cc1. The largest absolute Gasteiger partial charge is 0.329 e. The zero-order valence-electron chi connectivity index (χ0n) is 18.4. The Labute approximate surface area is 188 Å². The molecule has 32 heavy (non-hydrogen) atoms. The summed E-state index contributed by atoms with van der Waals surface area (Å²) in [6.45, 7) is 4.73. The molecule has 0 aliphatic carbocycles. The Morgan fingerprint density at radius 2 is 1.59 bits per heavy atom. The molecular weight excluding hydrogens is 394 g/mol. The second-order valence-electron chi connectivity index (χ2n) is 7.85. The van der Waals surface area contributed by atoms with Crippen LogP contribution in [0.3, 0.4) is 0 Å². The lowest BCUT2D eigenvalue weighted by atomic mass is 9.99. The van der Waals surface area contributed by atoms with Gasteiger partial charge in [0.05, 0.1) is 17.2 Å². The standard InChI is InChI=1S/C28H25N3O/c1-3-9-26-30-28(32)27(23-10-5-4-6-11-23)20(2)31(26)19-21-14-16-22(17-15-21)25-13-8-7-12-24(25)18-29/h4-8,10-17H,3,9,19H2,1-2H3. The second kappa shape index (κ2) is 9.45. The number of nitrogens with zero attached hydrogens (tertiary/aromatic N) is 3. The van der Waals surface area contributed by atoms with Crippen molar-refractivity contribution in [2.24, 2.45) is 0 Å². The first-order valence-electron chi connectivity index (χ1n) is 10.9. The molecule has 1 heterocycles. The first kappa shape index (κ1) is 21.3. The third-order valence-corrected chi connectivity index (χ3v) is 5.71. The van der Waals surface area contributed by atoms with Crippen LogP contribution >= 0.6 is 0 Å². The summed E-state index contributed by atoms with van der Waals surface area (Å²) in [6, 6.07) is 27.9. The van der Waals surface area contributed by atoms with Gasteiger partial charge in [-0.3, -0.25) is 4.79 Å². The van der Waals surface area contributed by atoms with Gasteiger partial charge < -0.3 is 4.57 Å². The van der Waals surface area contributed by atoms with Crippen LogP contribution in [0.5, 0.6) is 0 Å². The molecule has 0 atom stereocenters. The Kier molecular flexibility index (Phi) is 6.28. The van der Waals surface area contributed by atoms with Crippen LogP contribution in [0.2, 0.25) is 0 Å². The van der Waals surface area contributed by atoms with Crippen LogP contribution in [0.25, 0.3) is 22.3 Å². The van der Waals surface area contributed by atoms with Crippen LogP contribution in [-0.4, -0.2) is 9.55 Å². The zero-order chi connectivity index (χ0) is 22.5. The van der Waals surface area contributed by atoms with Crippen molar-refractivity contribution >= 4 is 0 Å². The van der Waals surface area contributed by atoms with E-state index in [0.29, 0.717) is 17.7 Å². The fourth-order valence-corrected chi connectivity index (χ4v) is 4.08. The van der Waals surface area contributed by atoms with E-state index in [1.165, 1.54) is 0 Å². The highest BCUT2D eigenvalue weighted by Gasteiger charge is 2.15. The van der Waals surface area contributed by atoms with Gasteiger partial charge in [-0.15, -0.1) is 0 Å². The Morgan fingerprint density at radius 3 is 2.28 bits per heavy atom. The molecule has 0 saturated carbocycles. The zero-order valence-corrected chi connectivity index (χ0v) is 18.4. The second-order valence-corrected chi connectivity index (χ2v) is 7.85. The maximum absolute atomic E-state index is 12.9. The molecule has 0 fully saturated rings. The smallest absolute Gasteiger partial charge is 0.281 e. The lowest BCUT2D eigenvalue weighted by molar-refractivity contribution is 0.652. The Hall–Kier alpha value is -3.97. The summed E-state index contributed by atoms with van der Waals surface area (Å²) in [5.41, 5.74) is 6.04. The van der Waals surface area contributed by atoms with Crippen molar-refractivity contribution in [3.8, 4) is 28.3 Å². The summed E-state index contributed by atoms with van der Waals surface area (Å²) < 4.78 is 2.16. The minimum Gasteiger partial charge on any atom is -0.329 e. The number of aryl methyl sites for hydroxylation is 1. The third kappa shape index (κ3) is 4.24. The molecule has 1 aromatic heterocycles. The fourth-order valence-electron chi connectivity index (χ4n) is 4.08. The summed E-state index contributed by atoms with van der Waals surface area (Å²) in [5, 5.41) is 9.40. The quantitative estimate of drug-likeness (QED) is 0.399. The number of benzene rings is 3. The highest BCUT2D eigenvalue weighted by molar-refractivity contribution is 5.70. The number of rotatable bonds is 6. The van der Waals surface area contributed by atoms with Crippen molar-refractivity contribution in [1.82, 2.24) is 9.55 Å². The topological polar surface area (TPSA) is 58.7 Å². The van der Waals surface area contributed by atoms with Gasteiger partial charge in [0.1, 0.15) is 5.82 Å². The number of aromatic nitrogens is 2. The van der Waals surface area contributed by atoms with Crippen molar-refractivity contribution in [1.29, 1.82) is 5.26 Å². The van der Waals surface area contributed by atoms with Crippen molar-refractivity contribution in [2.75, 3.05) is 0 Å². The minimum atomic E-state index is -0.170. The number of hydrogen-bond donors (Lipinski definition) is 0. The molecule has 0 spiro atoms. The molecule has 3 aromatic carbocycles. The lowest BCUT2D eigenvalue weighted by Crippen LogP contribution is -2.23. The lowest BCUT2D eigenvalue weighted by Gasteiger charge is -2.19. The highest BCUT2D eigenvalue weighted by atomic mass is 16.1. The van der Waals surface area contributed by atoms with E-state index in [-0.39, 0.29) is 5.56 Å². The van der Waals surface area contributed by atoms with Crippen molar-refractivity contribution in [2.45, 2.75) is 33.2 Å². The summed E-state index contributed by atoms with van der Waals surface area (Å²) in [6.07, 6.45) is 1.67. The van der Waals surface area contributed by atoms with Gasteiger partial charge in [0.15, 0.2) is 0 Å². The Morgan fingerprint density at radius 1 is 0.906 bits per heavy atom. The van der Waals surface area contributed by atoms with Crippen LogP contribution in [-0.2, 0) is 13.0 Å². The van der Waals surface area contributed by atoms with E-state index in [4.69, 9.17) is 0 Å². The first-order chi connectivity index (χ1) is 15.6. The van der Waals surface area contributed by atoms with Gasteiger partial charge in [0, 0.05) is 18.7 Å². The van der Waals surface area contributed by atoms with E-state index >= 15 is 0 Å². The molecule has 4 aromatic rings.